The predicted octanol–water partition coefficient (Wildman–Crippen LogP) is 2.21. The van der Waals surface area contributed by atoms with Gasteiger partial charge in [0.05, 0.1) is 0 Å². The third kappa shape index (κ3) is 4.94. The van der Waals surface area contributed by atoms with Crippen LogP contribution in [0.2, 0.25) is 0 Å². The molecule has 2 atom stereocenters. The maximum atomic E-state index is 12.0. The van der Waals surface area contributed by atoms with Crippen molar-refractivity contribution >= 4 is 12.0 Å². The maximum Gasteiger partial charge on any atom is 0.317 e. The normalized spacial score (nSPS) is 21.4. The van der Waals surface area contributed by atoms with Crippen molar-refractivity contribution < 1.29 is 14.7 Å². The lowest BCUT2D eigenvalue weighted by Gasteiger charge is -2.34. The number of likely N-dealkylation sites (tertiary alicyclic amines) is 1. The first-order chi connectivity index (χ1) is 8.50. The summed E-state index contributed by atoms with van der Waals surface area (Å²) in [6.07, 6.45) is 4.82. The molecule has 1 rings (SSSR count). The van der Waals surface area contributed by atoms with Crippen LogP contribution in [0.25, 0.3) is 0 Å². The van der Waals surface area contributed by atoms with Gasteiger partial charge in [-0.25, -0.2) is 4.79 Å². The first-order valence-corrected chi connectivity index (χ1v) is 6.79. The number of amides is 2. The molecule has 0 radical (unpaired) electrons. The number of nitrogens with zero attached hydrogens (tertiary/aromatic N) is 1. The summed E-state index contributed by atoms with van der Waals surface area (Å²) < 4.78 is 0. The molecule has 5 nitrogen and oxygen atoms in total. The van der Waals surface area contributed by atoms with Gasteiger partial charge in [-0.2, -0.15) is 0 Å². The van der Waals surface area contributed by atoms with E-state index in [1.165, 1.54) is 6.42 Å². The summed E-state index contributed by atoms with van der Waals surface area (Å²) in [5.41, 5.74) is 0. The van der Waals surface area contributed by atoms with Crippen LogP contribution < -0.4 is 5.32 Å². The predicted molar refractivity (Wildman–Crippen MR) is 69.5 cm³/mol. The van der Waals surface area contributed by atoms with Crippen LogP contribution in [0, 0.1) is 0 Å². The van der Waals surface area contributed by atoms with E-state index in [2.05, 4.69) is 12.2 Å². The lowest BCUT2D eigenvalue weighted by atomic mass is 10.0. The van der Waals surface area contributed by atoms with Crippen molar-refractivity contribution in [1.82, 2.24) is 10.2 Å². The minimum absolute atomic E-state index is 0.00924. The van der Waals surface area contributed by atoms with Crippen LogP contribution in [0.15, 0.2) is 0 Å². The van der Waals surface area contributed by atoms with Crippen molar-refractivity contribution in [2.45, 2.75) is 64.5 Å². The molecule has 0 aliphatic carbocycles. The zero-order valence-corrected chi connectivity index (χ0v) is 11.3. The molecule has 0 spiro atoms. The van der Waals surface area contributed by atoms with E-state index in [1.54, 1.807) is 0 Å². The Morgan fingerprint density at radius 2 is 2.17 bits per heavy atom. The number of piperidine rings is 1. The molecule has 5 heteroatoms. The van der Waals surface area contributed by atoms with Crippen LogP contribution >= 0.6 is 0 Å². The average molecular weight is 256 g/mol. The monoisotopic (exact) mass is 256 g/mol. The SMILES string of the molecule is CC(CCCC(=O)O)NC(=O)N1CCCCC1C. The Balaban J connectivity index is 2.27. The zero-order chi connectivity index (χ0) is 13.5. The van der Waals surface area contributed by atoms with Gasteiger partial charge in [0.25, 0.3) is 0 Å². The number of hydrogen-bond acceptors (Lipinski definition) is 2. The number of carbonyl (C=O) groups excluding carboxylic acids is 1. The van der Waals surface area contributed by atoms with Crippen molar-refractivity contribution in [3.8, 4) is 0 Å². The molecular weight excluding hydrogens is 232 g/mol. The highest BCUT2D eigenvalue weighted by atomic mass is 16.4. The zero-order valence-electron chi connectivity index (χ0n) is 11.3. The number of hydrogen-bond donors (Lipinski definition) is 2. The van der Waals surface area contributed by atoms with Crippen molar-refractivity contribution in [2.24, 2.45) is 0 Å². The third-order valence-electron chi connectivity index (χ3n) is 3.46. The molecule has 18 heavy (non-hydrogen) atoms. The molecular formula is C13H24N2O3. The number of aliphatic carboxylic acids is 1. The van der Waals surface area contributed by atoms with Gasteiger partial charge in [0, 0.05) is 25.0 Å². The smallest absolute Gasteiger partial charge is 0.317 e. The number of nitrogens with one attached hydrogen (secondary N) is 1. The molecule has 104 valence electrons. The second kappa shape index (κ2) is 7.24. The molecule has 1 fully saturated rings. The van der Waals surface area contributed by atoms with Crippen molar-refractivity contribution in [1.29, 1.82) is 0 Å². The Morgan fingerprint density at radius 1 is 1.44 bits per heavy atom. The third-order valence-corrected chi connectivity index (χ3v) is 3.46. The van der Waals surface area contributed by atoms with E-state index in [9.17, 15) is 9.59 Å². The highest BCUT2D eigenvalue weighted by molar-refractivity contribution is 5.75. The second-order valence-corrected chi connectivity index (χ2v) is 5.17. The molecule has 1 aliphatic rings. The first-order valence-electron chi connectivity index (χ1n) is 6.79. The quantitative estimate of drug-likeness (QED) is 0.792. The lowest BCUT2D eigenvalue weighted by molar-refractivity contribution is -0.137. The van der Waals surface area contributed by atoms with Crippen LogP contribution in [0.1, 0.15) is 52.4 Å². The Hall–Kier alpha value is -1.26. The molecule has 2 unspecified atom stereocenters. The Labute approximate surface area is 109 Å². The van der Waals surface area contributed by atoms with Gasteiger partial charge in [-0.15, -0.1) is 0 Å². The van der Waals surface area contributed by atoms with Crippen molar-refractivity contribution in [2.75, 3.05) is 6.54 Å². The molecule has 1 saturated heterocycles. The molecule has 0 aromatic carbocycles. The molecule has 0 saturated carbocycles. The van der Waals surface area contributed by atoms with Crippen LogP contribution in [-0.4, -0.2) is 40.6 Å². The van der Waals surface area contributed by atoms with Gasteiger partial charge in [0.15, 0.2) is 0 Å². The summed E-state index contributed by atoms with van der Waals surface area (Å²) in [5.74, 6) is -0.779. The van der Waals surface area contributed by atoms with Gasteiger partial charge < -0.3 is 15.3 Å². The Bertz CT molecular complexity index is 294. The summed E-state index contributed by atoms with van der Waals surface area (Å²) in [4.78, 5) is 24.3. The lowest BCUT2D eigenvalue weighted by Crippen LogP contribution is -2.49. The van der Waals surface area contributed by atoms with Crippen LogP contribution in [0.3, 0.4) is 0 Å². The van der Waals surface area contributed by atoms with E-state index in [1.807, 2.05) is 11.8 Å². The van der Waals surface area contributed by atoms with E-state index >= 15 is 0 Å². The minimum atomic E-state index is -0.779. The number of carboxylic acids is 1. The van der Waals surface area contributed by atoms with Crippen LogP contribution in [-0.2, 0) is 4.79 Å². The largest absolute Gasteiger partial charge is 0.481 e. The number of rotatable bonds is 5. The summed E-state index contributed by atoms with van der Waals surface area (Å²) in [7, 11) is 0. The fraction of sp³-hybridized carbons (Fsp3) is 0.846. The topological polar surface area (TPSA) is 69.6 Å². The van der Waals surface area contributed by atoms with E-state index in [4.69, 9.17) is 5.11 Å². The van der Waals surface area contributed by atoms with E-state index in [0.717, 1.165) is 19.4 Å². The fourth-order valence-electron chi connectivity index (χ4n) is 2.33. The highest BCUT2D eigenvalue weighted by Crippen LogP contribution is 2.16. The van der Waals surface area contributed by atoms with E-state index in [0.29, 0.717) is 18.9 Å². The fourth-order valence-corrected chi connectivity index (χ4v) is 2.33. The standard InChI is InChI=1S/C13H24N2O3/c1-10(6-5-8-12(16)17)14-13(18)15-9-4-3-7-11(15)2/h10-11H,3-9H2,1-2H3,(H,14,18)(H,16,17). The van der Waals surface area contributed by atoms with Crippen LogP contribution in [0.4, 0.5) is 4.79 Å². The minimum Gasteiger partial charge on any atom is -0.481 e. The Kier molecular flexibility index (Phi) is 5.95. The highest BCUT2D eigenvalue weighted by Gasteiger charge is 2.23. The second-order valence-electron chi connectivity index (χ2n) is 5.17. The van der Waals surface area contributed by atoms with Crippen molar-refractivity contribution in [3.63, 3.8) is 0 Å². The van der Waals surface area contributed by atoms with Gasteiger partial charge in [0.2, 0.25) is 0 Å². The summed E-state index contributed by atoms with van der Waals surface area (Å²) in [6.45, 7) is 4.83. The number of urea groups is 1. The average Bonchev–Trinajstić information content (AvgIpc) is 2.28. The molecule has 1 aliphatic heterocycles. The van der Waals surface area contributed by atoms with Crippen LogP contribution in [0.5, 0.6) is 0 Å². The summed E-state index contributed by atoms with van der Waals surface area (Å²) >= 11 is 0. The Morgan fingerprint density at radius 3 is 2.78 bits per heavy atom. The first kappa shape index (κ1) is 14.8. The number of carbonyl (C=O) groups is 2. The van der Waals surface area contributed by atoms with Gasteiger partial charge in [0.1, 0.15) is 0 Å². The summed E-state index contributed by atoms with van der Waals surface area (Å²) in [6, 6.07) is 0.334. The van der Waals surface area contributed by atoms with Gasteiger partial charge in [-0.1, -0.05) is 0 Å². The molecule has 2 amide bonds. The number of carboxylic acid groups (broad SMARTS) is 1. The van der Waals surface area contributed by atoms with E-state index < -0.39 is 5.97 Å². The molecule has 0 aromatic rings. The molecule has 0 aromatic heterocycles. The molecule has 1 heterocycles. The maximum absolute atomic E-state index is 12.0. The van der Waals surface area contributed by atoms with Gasteiger partial charge in [-0.05, 0) is 46.0 Å². The van der Waals surface area contributed by atoms with E-state index in [-0.39, 0.29) is 18.5 Å². The van der Waals surface area contributed by atoms with Gasteiger partial charge >= 0.3 is 12.0 Å². The van der Waals surface area contributed by atoms with Gasteiger partial charge in [-0.3, -0.25) is 4.79 Å². The van der Waals surface area contributed by atoms with Crippen molar-refractivity contribution in [3.05, 3.63) is 0 Å². The summed E-state index contributed by atoms with van der Waals surface area (Å²) in [5, 5.41) is 11.5. The molecule has 0 bridgehead atoms. The molecule has 2 N–H and O–H groups in total.